The van der Waals surface area contributed by atoms with Gasteiger partial charge in [-0.1, -0.05) is 19.8 Å². The minimum absolute atomic E-state index is 0.148. The highest BCUT2D eigenvalue weighted by Gasteiger charge is 2.13. The molecule has 2 N–H and O–H groups in total. The molecule has 134 valence electrons. The van der Waals surface area contributed by atoms with Crippen molar-refractivity contribution in [1.82, 2.24) is 20.2 Å². The summed E-state index contributed by atoms with van der Waals surface area (Å²) in [5.74, 6) is 0.384. The van der Waals surface area contributed by atoms with Crippen LogP contribution in [0.3, 0.4) is 0 Å². The molecule has 0 aliphatic carbocycles. The third-order valence-electron chi connectivity index (χ3n) is 3.97. The standard InChI is InChI=1S/C17H29N5O2/c1-3-4-5-6-19-17-20-14(2)13-15(21-17)16(23)18-7-8-22-9-11-24-12-10-22/h13H,3-12H2,1-2H3,(H,18,23)(H,19,20,21). The Morgan fingerprint density at radius 2 is 2.04 bits per heavy atom. The fourth-order valence-corrected chi connectivity index (χ4v) is 2.58. The van der Waals surface area contributed by atoms with Gasteiger partial charge in [-0.3, -0.25) is 9.69 Å². The summed E-state index contributed by atoms with van der Waals surface area (Å²) in [7, 11) is 0. The molecule has 7 nitrogen and oxygen atoms in total. The van der Waals surface area contributed by atoms with Gasteiger partial charge < -0.3 is 15.4 Å². The van der Waals surface area contributed by atoms with Gasteiger partial charge >= 0.3 is 0 Å². The maximum Gasteiger partial charge on any atom is 0.270 e. The molecule has 0 atom stereocenters. The van der Waals surface area contributed by atoms with Crippen LogP contribution in [0.25, 0.3) is 0 Å². The van der Waals surface area contributed by atoms with Gasteiger partial charge in [0.1, 0.15) is 5.69 Å². The van der Waals surface area contributed by atoms with E-state index in [1.54, 1.807) is 6.07 Å². The summed E-state index contributed by atoms with van der Waals surface area (Å²) in [6.45, 7) is 9.71. The Morgan fingerprint density at radius 3 is 2.79 bits per heavy atom. The molecule has 0 spiro atoms. The Labute approximate surface area is 144 Å². The van der Waals surface area contributed by atoms with E-state index in [1.165, 1.54) is 12.8 Å². The molecular weight excluding hydrogens is 306 g/mol. The van der Waals surface area contributed by atoms with E-state index in [0.717, 1.165) is 51.5 Å². The summed E-state index contributed by atoms with van der Waals surface area (Å²) < 4.78 is 5.32. The summed E-state index contributed by atoms with van der Waals surface area (Å²) in [6, 6.07) is 1.72. The highest BCUT2D eigenvalue weighted by molar-refractivity contribution is 5.92. The van der Waals surface area contributed by atoms with E-state index < -0.39 is 0 Å². The molecule has 2 heterocycles. The van der Waals surface area contributed by atoms with Gasteiger partial charge in [0.25, 0.3) is 5.91 Å². The molecule has 1 aliphatic heterocycles. The monoisotopic (exact) mass is 335 g/mol. The largest absolute Gasteiger partial charge is 0.379 e. The van der Waals surface area contributed by atoms with Crippen molar-refractivity contribution >= 4 is 11.9 Å². The number of unbranched alkanes of at least 4 members (excludes halogenated alkanes) is 2. The molecule has 0 aromatic carbocycles. The predicted molar refractivity (Wildman–Crippen MR) is 94.4 cm³/mol. The van der Waals surface area contributed by atoms with Crippen molar-refractivity contribution in [3.63, 3.8) is 0 Å². The number of carbonyl (C=O) groups is 1. The molecule has 1 amide bonds. The Kier molecular flexibility index (Phi) is 7.91. The number of nitrogens with one attached hydrogen (secondary N) is 2. The number of hydrogen-bond acceptors (Lipinski definition) is 6. The van der Waals surface area contributed by atoms with Crippen LogP contribution in [0.4, 0.5) is 5.95 Å². The number of aryl methyl sites for hydroxylation is 1. The highest BCUT2D eigenvalue weighted by atomic mass is 16.5. The Morgan fingerprint density at radius 1 is 1.25 bits per heavy atom. The van der Waals surface area contributed by atoms with Gasteiger partial charge in [0.15, 0.2) is 0 Å². The summed E-state index contributed by atoms with van der Waals surface area (Å²) in [4.78, 5) is 23.3. The second-order valence-corrected chi connectivity index (χ2v) is 6.06. The van der Waals surface area contributed by atoms with E-state index in [0.29, 0.717) is 18.2 Å². The number of morpholine rings is 1. The molecule has 0 unspecified atom stereocenters. The molecule has 1 fully saturated rings. The lowest BCUT2D eigenvalue weighted by atomic mass is 10.2. The van der Waals surface area contributed by atoms with Crippen LogP contribution in [0, 0.1) is 6.92 Å². The first-order valence-corrected chi connectivity index (χ1v) is 8.87. The second-order valence-electron chi connectivity index (χ2n) is 6.06. The molecule has 24 heavy (non-hydrogen) atoms. The van der Waals surface area contributed by atoms with E-state index in [-0.39, 0.29) is 5.91 Å². The fourth-order valence-electron chi connectivity index (χ4n) is 2.58. The van der Waals surface area contributed by atoms with Crippen molar-refractivity contribution in [1.29, 1.82) is 0 Å². The molecule has 0 radical (unpaired) electrons. The summed E-state index contributed by atoms with van der Waals surface area (Å²) >= 11 is 0. The minimum Gasteiger partial charge on any atom is -0.379 e. The van der Waals surface area contributed by atoms with E-state index in [4.69, 9.17) is 4.74 Å². The number of hydrogen-bond donors (Lipinski definition) is 2. The Bertz CT molecular complexity index is 518. The lowest BCUT2D eigenvalue weighted by Gasteiger charge is -2.26. The quantitative estimate of drug-likeness (QED) is 0.665. The number of nitrogens with zero attached hydrogens (tertiary/aromatic N) is 3. The van der Waals surface area contributed by atoms with Gasteiger partial charge in [-0.05, 0) is 19.4 Å². The topological polar surface area (TPSA) is 79.4 Å². The molecular formula is C17H29N5O2. The van der Waals surface area contributed by atoms with E-state index in [1.807, 2.05) is 6.92 Å². The van der Waals surface area contributed by atoms with Gasteiger partial charge in [-0.15, -0.1) is 0 Å². The zero-order chi connectivity index (χ0) is 17.2. The van der Waals surface area contributed by atoms with Crippen LogP contribution in [0.1, 0.15) is 42.4 Å². The zero-order valence-corrected chi connectivity index (χ0v) is 14.8. The molecule has 0 bridgehead atoms. The highest BCUT2D eigenvalue weighted by Crippen LogP contribution is 2.06. The van der Waals surface area contributed by atoms with Crippen LogP contribution in [0.2, 0.25) is 0 Å². The second kappa shape index (κ2) is 10.2. The maximum atomic E-state index is 12.3. The first-order valence-electron chi connectivity index (χ1n) is 8.87. The summed E-state index contributed by atoms with van der Waals surface area (Å²) in [5, 5.41) is 6.14. The van der Waals surface area contributed by atoms with Gasteiger partial charge in [-0.25, -0.2) is 9.97 Å². The molecule has 1 aliphatic rings. The van der Waals surface area contributed by atoms with Crippen molar-refractivity contribution in [2.75, 3.05) is 51.3 Å². The van der Waals surface area contributed by atoms with Crippen LogP contribution >= 0.6 is 0 Å². The average Bonchev–Trinajstić information content (AvgIpc) is 2.59. The van der Waals surface area contributed by atoms with Gasteiger partial charge in [-0.2, -0.15) is 0 Å². The molecule has 1 aromatic rings. The molecule has 7 heteroatoms. The van der Waals surface area contributed by atoms with Gasteiger partial charge in [0, 0.05) is 38.4 Å². The predicted octanol–water partition coefficient (Wildman–Crippen LogP) is 1.45. The number of anilines is 1. The number of carbonyl (C=O) groups excluding carboxylic acids is 1. The van der Waals surface area contributed by atoms with Crippen LogP contribution in [0.15, 0.2) is 6.07 Å². The maximum absolute atomic E-state index is 12.3. The number of amides is 1. The molecule has 0 saturated carbocycles. The third-order valence-corrected chi connectivity index (χ3v) is 3.97. The van der Waals surface area contributed by atoms with E-state index >= 15 is 0 Å². The normalized spacial score (nSPS) is 15.2. The molecule has 2 rings (SSSR count). The molecule has 1 aromatic heterocycles. The van der Waals surface area contributed by atoms with Gasteiger partial charge in [0.05, 0.1) is 13.2 Å². The first-order chi connectivity index (χ1) is 11.7. The first kappa shape index (κ1) is 18.6. The van der Waals surface area contributed by atoms with Crippen molar-refractivity contribution < 1.29 is 9.53 Å². The van der Waals surface area contributed by atoms with Crippen LogP contribution in [-0.2, 0) is 4.74 Å². The number of ether oxygens (including phenoxy) is 1. The van der Waals surface area contributed by atoms with Crippen LogP contribution in [0.5, 0.6) is 0 Å². The fraction of sp³-hybridized carbons (Fsp3) is 0.706. The number of rotatable bonds is 9. The average molecular weight is 335 g/mol. The zero-order valence-electron chi connectivity index (χ0n) is 14.8. The third kappa shape index (κ3) is 6.41. The Hall–Kier alpha value is -1.73. The minimum atomic E-state index is -0.148. The van der Waals surface area contributed by atoms with Crippen LogP contribution < -0.4 is 10.6 Å². The van der Waals surface area contributed by atoms with E-state index in [2.05, 4.69) is 32.4 Å². The lowest BCUT2D eigenvalue weighted by Crippen LogP contribution is -2.41. The van der Waals surface area contributed by atoms with E-state index in [9.17, 15) is 4.79 Å². The van der Waals surface area contributed by atoms with Crippen molar-refractivity contribution in [2.45, 2.75) is 33.1 Å². The van der Waals surface area contributed by atoms with Gasteiger partial charge in [0.2, 0.25) is 5.95 Å². The molecule has 1 saturated heterocycles. The Balaban J connectivity index is 1.80. The van der Waals surface area contributed by atoms with Crippen LogP contribution in [-0.4, -0.2) is 66.7 Å². The lowest BCUT2D eigenvalue weighted by molar-refractivity contribution is 0.0383. The smallest absolute Gasteiger partial charge is 0.270 e. The van der Waals surface area contributed by atoms with Crippen molar-refractivity contribution in [2.24, 2.45) is 0 Å². The SMILES string of the molecule is CCCCCNc1nc(C)cc(C(=O)NCCN2CCOCC2)n1. The summed E-state index contributed by atoms with van der Waals surface area (Å²) in [6.07, 6.45) is 3.43. The number of aromatic nitrogens is 2. The van der Waals surface area contributed by atoms with Crippen molar-refractivity contribution in [3.05, 3.63) is 17.5 Å². The summed E-state index contributed by atoms with van der Waals surface area (Å²) in [5.41, 5.74) is 1.21. The van der Waals surface area contributed by atoms with Crippen molar-refractivity contribution in [3.8, 4) is 0 Å².